The number of aryl methyl sites for hydroxylation is 1. The minimum atomic E-state index is 0.372. The maximum atomic E-state index is 6.15. The van der Waals surface area contributed by atoms with Crippen LogP contribution in [0.15, 0.2) is 39.3 Å². The molecule has 0 aliphatic carbocycles. The Hall–Kier alpha value is -0.620. The van der Waals surface area contributed by atoms with Gasteiger partial charge in [-0.05, 0) is 74.7 Å². The number of hydrogen-bond acceptors (Lipinski definition) is 2. The minimum absolute atomic E-state index is 0.372. The zero-order valence-electron chi connectivity index (χ0n) is 10.5. The summed E-state index contributed by atoms with van der Waals surface area (Å²) >= 11 is 18.1. The predicted molar refractivity (Wildman–Crippen MR) is 97.2 cm³/mol. The Morgan fingerprint density at radius 1 is 1.15 bits per heavy atom. The summed E-state index contributed by atoms with van der Waals surface area (Å²) in [6.07, 6.45) is 0. The molecule has 6 heteroatoms. The largest absolute Gasteiger partial charge is 0.389 e. The number of rotatable bonds is 3. The molecule has 0 aliphatic heterocycles. The first-order valence-corrected chi connectivity index (χ1v) is 8.07. The van der Waals surface area contributed by atoms with E-state index in [0.717, 1.165) is 31.4 Å². The van der Waals surface area contributed by atoms with Crippen molar-refractivity contribution in [2.24, 2.45) is 5.73 Å². The first kappa shape index (κ1) is 15.8. The zero-order valence-corrected chi connectivity index (χ0v) is 15.3. The smallest absolute Gasteiger partial charge is 0.104 e. The van der Waals surface area contributed by atoms with Gasteiger partial charge >= 0.3 is 0 Å². The molecule has 0 saturated heterocycles. The van der Waals surface area contributed by atoms with Crippen molar-refractivity contribution in [3.8, 4) is 0 Å². The molecule has 0 fully saturated rings. The molecule has 2 aromatic rings. The van der Waals surface area contributed by atoms with Crippen LogP contribution in [0.25, 0.3) is 0 Å². The van der Waals surface area contributed by atoms with E-state index in [1.54, 1.807) is 0 Å². The Morgan fingerprint density at radius 3 is 2.40 bits per heavy atom. The van der Waals surface area contributed by atoms with E-state index in [-0.39, 0.29) is 0 Å². The second-order valence-corrected chi connectivity index (χ2v) is 6.82. The average Bonchev–Trinajstić information content (AvgIpc) is 2.37. The van der Waals surface area contributed by atoms with Crippen molar-refractivity contribution in [3.63, 3.8) is 0 Å². The topological polar surface area (TPSA) is 38.0 Å². The van der Waals surface area contributed by atoms with Crippen LogP contribution in [0.3, 0.4) is 0 Å². The number of halogens is 3. The monoisotopic (exact) mass is 432 g/mol. The summed E-state index contributed by atoms with van der Waals surface area (Å²) in [5.74, 6) is 0. The third kappa shape index (κ3) is 3.52. The lowest BCUT2D eigenvalue weighted by atomic mass is 10.2. The van der Waals surface area contributed by atoms with Crippen molar-refractivity contribution in [2.45, 2.75) is 6.92 Å². The van der Waals surface area contributed by atoms with Crippen LogP contribution in [0, 0.1) is 6.92 Å². The Balaban J connectivity index is 2.35. The summed E-state index contributed by atoms with van der Waals surface area (Å²) in [4.78, 5) is 0.372. The van der Waals surface area contributed by atoms with Crippen molar-refractivity contribution >= 4 is 72.0 Å². The lowest BCUT2D eigenvalue weighted by Crippen LogP contribution is -2.09. The zero-order chi connectivity index (χ0) is 14.9. The van der Waals surface area contributed by atoms with Gasteiger partial charge in [0.2, 0.25) is 0 Å². The molecule has 2 rings (SSSR count). The van der Waals surface area contributed by atoms with Gasteiger partial charge in [0, 0.05) is 19.5 Å². The van der Waals surface area contributed by atoms with E-state index in [4.69, 9.17) is 29.6 Å². The van der Waals surface area contributed by atoms with E-state index < -0.39 is 0 Å². The minimum Gasteiger partial charge on any atom is -0.389 e. The van der Waals surface area contributed by atoms with Crippen LogP contribution in [-0.2, 0) is 0 Å². The van der Waals surface area contributed by atoms with Gasteiger partial charge < -0.3 is 11.1 Å². The molecule has 0 radical (unpaired) electrons. The Morgan fingerprint density at radius 2 is 1.80 bits per heavy atom. The summed E-state index contributed by atoms with van der Waals surface area (Å²) in [7, 11) is 0. The van der Waals surface area contributed by atoms with Crippen LogP contribution in [0.4, 0.5) is 11.4 Å². The van der Waals surface area contributed by atoms with Gasteiger partial charge in [0.25, 0.3) is 0 Å². The Bertz CT molecular complexity index is 689. The first-order chi connectivity index (χ1) is 9.38. The number of anilines is 2. The SMILES string of the molecule is Cc1cc(Br)c(Nc2ccc(C(N)=S)cc2Br)cc1Cl. The molecule has 0 atom stereocenters. The third-order valence-corrected chi connectivity index (χ3v) is 4.73. The summed E-state index contributed by atoms with van der Waals surface area (Å²) in [5.41, 5.74) is 9.25. The van der Waals surface area contributed by atoms with Gasteiger partial charge in [-0.3, -0.25) is 0 Å². The van der Waals surface area contributed by atoms with Crippen LogP contribution in [-0.4, -0.2) is 4.99 Å². The number of nitrogens with one attached hydrogen (secondary N) is 1. The van der Waals surface area contributed by atoms with Gasteiger partial charge in [-0.2, -0.15) is 0 Å². The van der Waals surface area contributed by atoms with Gasteiger partial charge in [0.15, 0.2) is 0 Å². The Kier molecular flexibility index (Phi) is 5.07. The second kappa shape index (κ2) is 6.43. The molecule has 0 unspecified atom stereocenters. The summed E-state index contributed by atoms with van der Waals surface area (Å²) in [5, 5.41) is 4.03. The molecule has 0 saturated carbocycles. The van der Waals surface area contributed by atoms with Crippen molar-refractivity contribution < 1.29 is 0 Å². The van der Waals surface area contributed by atoms with Crippen LogP contribution >= 0.6 is 55.7 Å². The van der Waals surface area contributed by atoms with Gasteiger partial charge in [0.1, 0.15) is 4.99 Å². The highest BCUT2D eigenvalue weighted by molar-refractivity contribution is 9.11. The lowest BCUT2D eigenvalue weighted by molar-refractivity contribution is 1.42. The van der Waals surface area contributed by atoms with E-state index >= 15 is 0 Å². The van der Waals surface area contributed by atoms with Gasteiger partial charge in [0.05, 0.1) is 11.4 Å². The molecule has 0 spiro atoms. The predicted octanol–water partition coefficient (Wildman–Crippen LogP) is 5.55. The normalized spacial score (nSPS) is 10.4. The highest BCUT2D eigenvalue weighted by Gasteiger charge is 2.08. The van der Waals surface area contributed by atoms with Crippen molar-refractivity contribution in [2.75, 3.05) is 5.32 Å². The third-order valence-electron chi connectivity index (χ3n) is 2.77. The number of benzene rings is 2. The summed E-state index contributed by atoms with van der Waals surface area (Å²) < 4.78 is 1.83. The molecule has 20 heavy (non-hydrogen) atoms. The molecular formula is C14H11Br2ClN2S. The maximum Gasteiger partial charge on any atom is 0.104 e. The fourth-order valence-corrected chi connectivity index (χ4v) is 2.98. The average molecular weight is 435 g/mol. The molecule has 0 aliphatic rings. The number of nitrogens with two attached hydrogens (primary N) is 1. The van der Waals surface area contributed by atoms with Crippen LogP contribution < -0.4 is 11.1 Å². The molecule has 2 nitrogen and oxygen atoms in total. The quantitative estimate of drug-likeness (QED) is 0.622. The first-order valence-electron chi connectivity index (χ1n) is 5.70. The van der Waals surface area contributed by atoms with Crippen LogP contribution in [0.1, 0.15) is 11.1 Å². The van der Waals surface area contributed by atoms with Gasteiger partial charge in [-0.1, -0.05) is 23.8 Å². The number of hydrogen-bond donors (Lipinski definition) is 2. The van der Waals surface area contributed by atoms with Crippen molar-refractivity contribution in [1.29, 1.82) is 0 Å². The molecule has 0 amide bonds. The molecule has 2 aromatic carbocycles. The lowest BCUT2D eigenvalue weighted by Gasteiger charge is -2.13. The van der Waals surface area contributed by atoms with Crippen LogP contribution in [0.2, 0.25) is 5.02 Å². The second-order valence-electron chi connectivity index (χ2n) is 4.27. The van der Waals surface area contributed by atoms with Gasteiger partial charge in [-0.15, -0.1) is 0 Å². The van der Waals surface area contributed by atoms with Crippen molar-refractivity contribution in [3.05, 3.63) is 55.4 Å². The van der Waals surface area contributed by atoms with Gasteiger partial charge in [-0.25, -0.2) is 0 Å². The fourth-order valence-electron chi connectivity index (χ4n) is 1.66. The van der Waals surface area contributed by atoms with E-state index in [1.807, 2.05) is 37.3 Å². The molecule has 3 N–H and O–H groups in total. The molecule has 0 bridgehead atoms. The molecule has 0 heterocycles. The van der Waals surface area contributed by atoms with Crippen molar-refractivity contribution in [1.82, 2.24) is 0 Å². The van der Waals surface area contributed by atoms with E-state index in [2.05, 4.69) is 37.2 Å². The molecule has 104 valence electrons. The van der Waals surface area contributed by atoms with Crippen LogP contribution in [0.5, 0.6) is 0 Å². The summed E-state index contributed by atoms with van der Waals surface area (Å²) in [6, 6.07) is 9.53. The molecule has 0 aromatic heterocycles. The fraction of sp³-hybridized carbons (Fsp3) is 0.0714. The highest BCUT2D eigenvalue weighted by Crippen LogP contribution is 2.34. The number of thiocarbonyl (C=S) groups is 1. The van der Waals surface area contributed by atoms with E-state index in [1.165, 1.54) is 0 Å². The van der Waals surface area contributed by atoms with E-state index in [9.17, 15) is 0 Å². The van der Waals surface area contributed by atoms with E-state index in [0.29, 0.717) is 10.0 Å². The maximum absolute atomic E-state index is 6.15. The molecular weight excluding hydrogens is 423 g/mol. The summed E-state index contributed by atoms with van der Waals surface area (Å²) in [6.45, 7) is 1.96. The highest BCUT2D eigenvalue weighted by atomic mass is 79.9. The Labute approximate surface area is 145 Å². The standard InChI is InChI=1S/C14H11Br2ClN2S/c1-7-4-9(15)13(6-11(7)17)19-12-3-2-8(14(18)20)5-10(12)16/h2-6,19H,1H3,(H2,18,20).